The second-order valence-electron chi connectivity index (χ2n) is 6.03. The minimum absolute atomic E-state index is 0.0304. The molecule has 1 saturated heterocycles. The Hall–Kier alpha value is -2.58. The molecule has 4 rings (SSSR count). The molecule has 27 heavy (non-hydrogen) atoms. The Morgan fingerprint density at radius 2 is 1.85 bits per heavy atom. The van der Waals surface area contributed by atoms with Crippen molar-refractivity contribution in [2.75, 3.05) is 5.32 Å². The van der Waals surface area contributed by atoms with Crippen molar-refractivity contribution in [1.29, 1.82) is 0 Å². The van der Waals surface area contributed by atoms with Crippen LogP contribution in [0.15, 0.2) is 58.9 Å². The van der Waals surface area contributed by atoms with Crippen LogP contribution in [0.3, 0.4) is 0 Å². The smallest absolute Gasteiger partial charge is 0.319 e. The van der Waals surface area contributed by atoms with Gasteiger partial charge in [0.25, 0.3) is 0 Å². The number of nitrogens with one attached hydrogen (secondary N) is 1. The lowest BCUT2D eigenvalue weighted by Crippen LogP contribution is -2.08. The zero-order chi connectivity index (χ0) is 18.6. The fraction of sp³-hybridized carbons (Fsp3) is 0.211. The molecular weight excluding hydrogens is 382 g/mol. The molecule has 1 aliphatic heterocycles. The van der Waals surface area contributed by atoms with Gasteiger partial charge in [0.1, 0.15) is 22.9 Å². The average Bonchev–Trinajstić information content (AvgIpc) is 3.23. The van der Waals surface area contributed by atoms with Crippen molar-refractivity contribution in [2.24, 2.45) is 0 Å². The normalized spacial score (nSPS) is 18.9. The van der Waals surface area contributed by atoms with Crippen LogP contribution < -0.4 is 10.1 Å². The monoisotopic (exact) mass is 399 g/mol. The molecule has 1 fully saturated rings. The van der Waals surface area contributed by atoms with Gasteiger partial charge in [-0.2, -0.15) is 0 Å². The Morgan fingerprint density at radius 3 is 2.56 bits per heavy atom. The fourth-order valence-electron chi connectivity index (χ4n) is 2.60. The zero-order valence-electron chi connectivity index (χ0n) is 14.5. The second-order valence-corrected chi connectivity index (χ2v) is 8.45. The van der Waals surface area contributed by atoms with Crippen molar-refractivity contribution >= 4 is 39.9 Å². The number of esters is 1. The largest absolute Gasteiger partial charge is 0.462 e. The molecule has 0 radical (unpaired) electrons. The molecule has 0 bridgehead atoms. The third-order valence-corrected chi connectivity index (χ3v) is 5.98. The predicted octanol–water partition coefficient (Wildman–Crippen LogP) is 4.87. The molecule has 3 aromatic rings. The van der Waals surface area contributed by atoms with Crippen molar-refractivity contribution in [1.82, 2.24) is 10.2 Å². The number of hydrogen-bond acceptors (Lipinski definition) is 8. The Bertz CT molecular complexity index is 915. The highest BCUT2D eigenvalue weighted by molar-refractivity contribution is 8.02. The van der Waals surface area contributed by atoms with Gasteiger partial charge in [0, 0.05) is 12.1 Å². The van der Waals surface area contributed by atoms with E-state index in [-0.39, 0.29) is 17.3 Å². The Morgan fingerprint density at radius 1 is 1.11 bits per heavy atom. The Balaban J connectivity index is 1.35. The number of hydrogen-bond donors (Lipinski definition) is 1. The number of benzene rings is 2. The summed E-state index contributed by atoms with van der Waals surface area (Å²) in [5.41, 5.74) is 0.886. The maximum atomic E-state index is 11.7. The van der Waals surface area contributed by atoms with E-state index in [0.29, 0.717) is 11.6 Å². The number of aromatic nitrogens is 2. The SMILES string of the molecule is CC1CC(Sc2nnc(Nc3ccc(Oc4ccccc4)cc3)s2)C(=O)O1. The number of ether oxygens (including phenoxy) is 2. The summed E-state index contributed by atoms with van der Waals surface area (Å²) in [5.74, 6) is 1.38. The number of cyclic esters (lactones) is 1. The van der Waals surface area contributed by atoms with Crippen molar-refractivity contribution in [3.63, 3.8) is 0 Å². The minimum Gasteiger partial charge on any atom is -0.462 e. The predicted molar refractivity (Wildman–Crippen MR) is 106 cm³/mol. The first-order valence-corrected chi connectivity index (χ1v) is 10.2. The van der Waals surface area contributed by atoms with E-state index < -0.39 is 0 Å². The van der Waals surface area contributed by atoms with Crippen LogP contribution in [-0.4, -0.2) is 27.5 Å². The standard InChI is InChI=1S/C19H17N3O3S2/c1-12-11-16(17(23)24-12)26-19-22-21-18(27-19)20-13-7-9-15(10-8-13)25-14-5-3-2-4-6-14/h2-10,12,16H,11H2,1H3,(H,20,21). The summed E-state index contributed by atoms with van der Waals surface area (Å²) in [4.78, 5) is 11.7. The molecule has 0 spiro atoms. The second kappa shape index (κ2) is 7.98. The molecule has 1 N–H and O–H groups in total. The van der Waals surface area contributed by atoms with E-state index in [1.54, 1.807) is 0 Å². The summed E-state index contributed by atoms with van der Waals surface area (Å²) in [7, 11) is 0. The molecule has 6 nitrogen and oxygen atoms in total. The van der Waals surface area contributed by atoms with Gasteiger partial charge in [0.15, 0.2) is 4.34 Å². The first kappa shape index (κ1) is 17.8. The van der Waals surface area contributed by atoms with Crippen molar-refractivity contribution in [2.45, 2.75) is 29.0 Å². The number of carbonyl (C=O) groups excluding carboxylic acids is 1. The highest BCUT2D eigenvalue weighted by Crippen LogP contribution is 2.35. The summed E-state index contributed by atoms with van der Waals surface area (Å²) < 4.78 is 11.7. The summed E-state index contributed by atoms with van der Waals surface area (Å²) >= 11 is 2.82. The summed E-state index contributed by atoms with van der Waals surface area (Å²) in [6.45, 7) is 1.90. The average molecular weight is 399 g/mol. The third kappa shape index (κ3) is 4.58. The van der Waals surface area contributed by atoms with Crippen LogP contribution in [-0.2, 0) is 9.53 Å². The Kier molecular flexibility index (Phi) is 5.26. The maximum absolute atomic E-state index is 11.7. The van der Waals surface area contributed by atoms with Crippen LogP contribution in [0.25, 0.3) is 0 Å². The molecule has 2 unspecified atom stereocenters. The molecule has 2 aromatic carbocycles. The zero-order valence-corrected chi connectivity index (χ0v) is 16.1. The van der Waals surface area contributed by atoms with Gasteiger partial charge < -0.3 is 14.8 Å². The number of thioether (sulfide) groups is 1. The summed E-state index contributed by atoms with van der Waals surface area (Å²) in [6, 6.07) is 17.3. The van der Waals surface area contributed by atoms with Gasteiger partial charge in [-0.15, -0.1) is 10.2 Å². The lowest BCUT2D eigenvalue weighted by atomic mass is 10.3. The van der Waals surface area contributed by atoms with Gasteiger partial charge in [-0.1, -0.05) is 41.3 Å². The van der Waals surface area contributed by atoms with Crippen molar-refractivity contribution < 1.29 is 14.3 Å². The van der Waals surface area contributed by atoms with Crippen LogP contribution in [0.1, 0.15) is 13.3 Å². The molecule has 1 aromatic heterocycles. The maximum Gasteiger partial charge on any atom is 0.319 e. The quantitative estimate of drug-likeness (QED) is 0.593. The van der Waals surface area contributed by atoms with E-state index in [4.69, 9.17) is 9.47 Å². The van der Waals surface area contributed by atoms with Crippen LogP contribution in [0.4, 0.5) is 10.8 Å². The summed E-state index contributed by atoms with van der Waals surface area (Å²) in [6.07, 6.45) is 0.673. The van der Waals surface area contributed by atoms with Crippen molar-refractivity contribution in [3.05, 3.63) is 54.6 Å². The molecular formula is C19H17N3O3S2. The molecule has 0 amide bonds. The molecule has 1 aliphatic rings. The molecule has 2 atom stereocenters. The van der Waals surface area contributed by atoms with E-state index in [0.717, 1.165) is 21.5 Å². The highest BCUT2D eigenvalue weighted by atomic mass is 32.2. The van der Waals surface area contributed by atoms with Gasteiger partial charge in [-0.3, -0.25) is 4.79 Å². The lowest BCUT2D eigenvalue weighted by Gasteiger charge is -2.07. The van der Waals surface area contributed by atoms with Gasteiger partial charge >= 0.3 is 5.97 Å². The van der Waals surface area contributed by atoms with E-state index >= 15 is 0 Å². The lowest BCUT2D eigenvalue weighted by molar-refractivity contribution is -0.140. The number of anilines is 2. The van der Waals surface area contributed by atoms with E-state index in [9.17, 15) is 4.79 Å². The molecule has 0 aliphatic carbocycles. The first-order valence-electron chi connectivity index (χ1n) is 8.46. The van der Waals surface area contributed by atoms with Crippen LogP contribution in [0, 0.1) is 0 Å². The van der Waals surface area contributed by atoms with Gasteiger partial charge in [0.05, 0.1) is 0 Å². The molecule has 2 heterocycles. The van der Waals surface area contributed by atoms with E-state index in [2.05, 4.69) is 15.5 Å². The number of carbonyl (C=O) groups is 1. The van der Waals surface area contributed by atoms with Gasteiger partial charge in [0.2, 0.25) is 5.13 Å². The minimum atomic E-state index is -0.199. The number of nitrogens with zero attached hydrogens (tertiary/aromatic N) is 2. The molecule has 0 saturated carbocycles. The highest BCUT2D eigenvalue weighted by Gasteiger charge is 2.33. The fourth-order valence-corrected chi connectivity index (χ4v) is 4.73. The number of rotatable bonds is 6. The summed E-state index contributed by atoms with van der Waals surface area (Å²) in [5, 5.41) is 12.0. The first-order chi connectivity index (χ1) is 13.2. The van der Waals surface area contributed by atoms with Gasteiger partial charge in [-0.25, -0.2) is 0 Å². The van der Waals surface area contributed by atoms with E-state index in [1.807, 2.05) is 61.5 Å². The van der Waals surface area contributed by atoms with Crippen LogP contribution >= 0.6 is 23.1 Å². The molecule has 138 valence electrons. The van der Waals surface area contributed by atoms with Crippen LogP contribution in [0.5, 0.6) is 11.5 Å². The number of para-hydroxylation sites is 1. The third-order valence-electron chi connectivity index (χ3n) is 3.86. The van der Waals surface area contributed by atoms with Gasteiger partial charge in [-0.05, 0) is 43.3 Å². The van der Waals surface area contributed by atoms with Crippen LogP contribution in [0.2, 0.25) is 0 Å². The Labute approximate surface area is 164 Å². The molecule has 8 heteroatoms. The van der Waals surface area contributed by atoms with E-state index in [1.165, 1.54) is 23.1 Å². The topological polar surface area (TPSA) is 73.3 Å². The van der Waals surface area contributed by atoms with Crippen molar-refractivity contribution in [3.8, 4) is 11.5 Å².